The molecule has 0 spiro atoms. The van der Waals surface area contributed by atoms with Gasteiger partial charge in [0, 0.05) is 42.8 Å². The van der Waals surface area contributed by atoms with E-state index in [1.54, 1.807) is 5.57 Å². The van der Waals surface area contributed by atoms with E-state index in [1.807, 2.05) is 29.2 Å². The molecule has 0 unspecified atom stereocenters. The molecule has 1 saturated heterocycles. The molecule has 0 atom stereocenters. The first-order valence-corrected chi connectivity index (χ1v) is 9.47. The molecule has 1 fully saturated rings. The van der Waals surface area contributed by atoms with E-state index in [0.717, 1.165) is 42.8 Å². The number of piperazine rings is 1. The molecule has 1 amide bonds. The SMILES string of the molecule is O=C(c1cccc(Br)c1)N1CCN(CCC2=CCCCC2)CC1. The molecular formula is C19H25BrN2O. The van der Waals surface area contributed by atoms with Crippen molar-refractivity contribution in [1.29, 1.82) is 0 Å². The van der Waals surface area contributed by atoms with E-state index in [2.05, 4.69) is 26.9 Å². The van der Waals surface area contributed by atoms with Crippen molar-refractivity contribution >= 4 is 21.8 Å². The number of nitrogens with zero attached hydrogens (tertiary/aromatic N) is 2. The predicted octanol–water partition coefficient (Wildman–Crippen LogP) is 4.10. The Labute approximate surface area is 147 Å². The Morgan fingerprint density at radius 3 is 2.65 bits per heavy atom. The van der Waals surface area contributed by atoms with Gasteiger partial charge in [-0.1, -0.05) is 33.6 Å². The van der Waals surface area contributed by atoms with E-state index < -0.39 is 0 Å². The van der Waals surface area contributed by atoms with Crippen LogP contribution in [0.5, 0.6) is 0 Å². The van der Waals surface area contributed by atoms with Crippen LogP contribution >= 0.6 is 15.9 Å². The smallest absolute Gasteiger partial charge is 0.253 e. The second-order valence-corrected chi connectivity index (χ2v) is 7.42. The van der Waals surface area contributed by atoms with E-state index >= 15 is 0 Å². The number of hydrogen-bond acceptors (Lipinski definition) is 2. The van der Waals surface area contributed by atoms with Crippen LogP contribution in [0, 0.1) is 0 Å². The van der Waals surface area contributed by atoms with Gasteiger partial charge in [0.2, 0.25) is 0 Å². The van der Waals surface area contributed by atoms with E-state index in [0.29, 0.717) is 0 Å². The average Bonchev–Trinajstić information content (AvgIpc) is 2.61. The van der Waals surface area contributed by atoms with Crippen molar-refractivity contribution in [1.82, 2.24) is 9.80 Å². The molecule has 0 bridgehead atoms. The lowest BCUT2D eigenvalue weighted by Crippen LogP contribution is -2.48. The van der Waals surface area contributed by atoms with Crippen molar-refractivity contribution in [3.8, 4) is 0 Å². The van der Waals surface area contributed by atoms with E-state index in [9.17, 15) is 4.79 Å². The van der Waals surface area contributed by atoms with Gasteiger partial charge < -0.3 is 4.90 Å². The lowest BCUT2D eigenvalue weighted by atomic mass is 9.97. The second-order valence-electron chi connectivity index (χ2n) is 6.50. The molecule has 1 heterocycles. The maximum Gasteiger partial charge on any atom is 0.253 e. The van der Waals surface area contributed by atoms with Crippen LogP contribution in [0.15, 0.2) is 40.4 Å². The highest BCUT2D eigenvalue weighted by Crippen LogP contribution is 2.21. The van der Waals surface area contributed by atoms with Gasteiger partial charge in [0.15, 0.2) is 0 Å². The first-order chi connectivity index (χ1) is 11.2. The maximum atomic E-state index is 12.5. The lowest BCUT2D eigenvalue weighted by Gasteiger charge is -2.35. The van der Waals surface area contributed by atoms with Gasteiger partial charge in [-0.15, -0.1) is 0 Å². The third-order valence-electron chi connectivity index (χ3n) is 4.87. The Balaban J connectivity index is 1.46. The molecule has 1 aromatic carbocycles. The summed E-state index contributed by atoms with van der Waals surface area (Å²) in [5.74, 6) is 0.154. The van der Waals surface area contributed by atoms with Crippen LogP contribution in [-0.2, 0) is 0 Å². The lowest BCUT2D eigenvalue weighted by molar-refractivity contribution is 0.0638. The zero-order valence-corrected chi connectivity index (χ0v) is 15.2. The van der Waals surface area contributed by atoms with Crippen molar-refractivity contribution in [3.05, 3.63) is 46.0 Å². The molecular weight excluding hydrogens is 352 g/mol. The second kappa shape index (κ2) is 8.11. The molecule has 1 aliphatic heterocycles. The number of carbonyl (C=O) groups excluding carboxylic acids is 1. The minimum absolute atomic E-state index is 0.154. The molecule has 3 rings (SSSR count). The average molecular weight is 377 g/mol. The van der Waals surface area contributed by atoms with Gasteiger partial charge in [0.05, 0.1) is 0 Å². The van der Waals surface area contributed by atoms with Gasteiger partial charge in [-0.25, -0.2) is 0 Å². The van der Waals surface area contributed by atoms with Crippen molar-refractivity contribution in [2.75, 3.05) is 32.7 Å². The Kier molecular flexibility index (Phi) is 5.90. The van der Waals surface area contributed by atoms with Crippen molar-refractivity contribution in [3.63, 3.8) is 0 Å². The zero-order valence-electron chi connectivity index (χ0n) is 13.6. The van der Waals surface area contributed by atoms with Crippen LogP contribution in [0.3, 0.4) is 0 Å². The van der Waals surface area contributed by atoms with E-state index in [4.69, 9.17) is 0 Å². The minimum atomic E-state index is 0.154. The van der Waals surface area contributed by atoms with Crippen molar-refractivity contribution in [2.45, 2.75) is 32.1 Å². The summed E-state index contributed by atoms with van der Waals surface area (Å²) in [6, 6.07) is 7.68. The largest absolute Gasteiger partial charge is 0.336 e. The molecule has 0 aromatic heterocycles. The first-order valence-electron chi connectivity index (χ1n) is 8.67. The summed E-state index contributed by atoms with van der Waals surface area (Å²) < 4.78 is 0.961. The summed E-state index contributed by atoms with van der Waals surface area (Å²) in [4.78, 5) is 17.0. The van der Waals surface area contributed by atoms with Crippen LogP contribution in [0.1, 0.15) is 42.5 Å². The quantitative estimate of drug-likeness (QED) is 0.738. The fourth-order valence-corrected chi connectivity index (χ4v) is 3.81. The van der Waals surface area contributed by atoms with Crippen LogP contribution in [0.4, 0.5) is 0 Å². The molecule has 2 aliphatic rings. The topological polar surface area (TPSA) is 23.6 Å². The molecule has 0 radical (unpaired) electrons. The Hall–Kier alpha value is -1.13. The fourth-order valence-electron chi connectivity index (χ4n) is 3.41. The van der Waals surface area contributed by atoms with E-state index in [-0.39, 0.29) is 5.91 Å². The first kappa shape index (κ1) is 16.7. The summed E-state index contributed by atoms with van der Waals surface area (Å²) in [7, 11) is 0. The number of carbonyl (C=O) groups is 1. The van der Waals surface area contributed by atoms with Crippen molar-refractivity contribution in [2.24, 2.45) is 0 Å². The highest BCUT2D eigenvalue weighted by molar-refractivity contribution is 9.10. The Bertz CT molecular complexity index is 576. The Morgan fingerprint density at radius 2 is 1.96 bits per heavy atom. The number of amides is 1. The summed E-state index contributed by atoms with van der Waals surface area (Å²) in [5.41, 5.74) is 2.42. The summed E-state index contributed by atoms with van der Waals surface area (Å²) >= 11 is 3.44. The third-order valence-corrected chi connectivity index (χ3v) is 5.36. The Morgan fingerprint density at radius 1 is 1.13 bits per heavy atom. The van der Waals surface area contributed by atoms with Gasteiger partial charge in [0.1, 0.15) is 0 Å². The predicted molar refractivity (Wildman–Crippen MR) is 97.7 cm³/mol. The fraction of sp³-hybridized carbons (Fsp3) is 0.526. The van der Waals surface area contributed by atoms with Crippen LogP contribution in [0.25, 0.3) is 0 Å². The molecule has 3 nitrogen and oxygen atoms in total. The minimum Gasteiger partial charge on any atom is -0.336 e. The molecule has 0 saturated carbocycles. The summed E-state index contributed by atoms with van der Waals surface area (Å²) in [5, 5.41) is 0. The highest BCUT2D eigenvalue weighted by atomic mass is 79.9. The number of hydrogen-bond donors (Lipinski definition) is 0. The zero-order chi connectivity index (χ0) is 16.1. The third kappa shape index (κ3) is 4.67. The summed E-state index contributed by atoms with van der Waals surface area (Å²) in [6.07, 6.45) is 8.93. The number of allylic oxidation sites excluding steroid dienone is 1. The van der Waals surface area contributed by atoms with Crippen molar-refractivity contribution < 1.29 is 4.79 Å². The number of halogens is 1. The normalized spacial score (nSPS) is 19.5. The molecule has 23 heavy (non-hydrogen) atoms. The van der Waals surface area contributed by atoms with Gasteiger partial charge in [0.25, 0.3) is 5.91 Å². The molecule has 1 aliphatic carbocycles. The molecule has 124 valence electrons. The standard InChI is InChI=1S/C19H25BrN2O/c20-18-8-4-7-17(15-18)19(23)22-13-11-21(12-14-22)10-9-16-5-2-1-3-6-16/h4-5,7-8,15H,1-3,6,9-14H2. The number of benzene rings is 1. The van der Waals surface area contributed by atoms with Gasteiger partial charge in [-0.3, -0.25) is 9.69 Å². The monoisotopic (exact) mass is 376 g/mol. The number of rotatable bonds is 4. The molecule has 0 N–H and O–H groups in total. The molecule has 4 heteroatoms. The van der Waals surface area contributed by atoms with Crippen LogP contribution in [0.2, 0.25) is 0 Å². The van der Waals surface area contributed by atoms with Gasteiger partial charge in [-0.2, -0.15) is 0 Å². The van der Waals surface area contributed by atoms with Crippen LogP contribution in [-0.4, -0.2) is 48.4 Å². The van der Waals surface area contributed by atoms with Crippen LogP contribution < -0.4 is 0 Å². The highest BCUT2D eigenvalue weighted by Gasteiger charge is 2.22. The summed E-state index contributed by atoms with van der Waals surface area (Å²) in [6.45, 7) is 4.81. The van der Waals surface area contributed by atoms with Gasteiger partial charge in [-0.05, 0) is 50.3 Å². The van der Waals surface area contributed by atoms with E-state index in [1.165, 1.54) is 32.1 Å². The maximum absolute atomic E-state index is 12.5. The molecule has 1 aromatic rings. The van der Waals surface area contributed by atoms with Gasteiger partial charge >= 0.3 is 0 Å².